The highest BCUT2D eigenvalue weighted by atomic mass is 16.2. The molecule has 5 heteroatoms. The molecule has 0 unspecified atom stereocenters. The third-order valence-electron chi connectivity index (χ3n) is 3.69. The Morgan fingerprint density at radius 3 is 2.88 bits per heavy atom. The molecule has 1 aliphatic rings. The van der Waals surface area contributed by atoms with Crippen molar-refractivity contribution in [2.45, 2.75) is 32.7 Å². The van der Waals surface area contributed by atoms with Gasteiger partial charge in [0, 0.05) is 12.4 Å². The molecule has 0 spiro atoms. The first-order chi connectivity index (χ1) is 8.27. The van der Waals surface area contributed by atoms with Crippen LogP contribution in [0, 0.1) is 5.41 Å². The van der Waals surface area contributed by atoms with Gasteiger partial charge in [0.1, 0.15) is 5.82 Å². The highest BCUT2D eigenvalue weighted by Gasteiger charge is 2.37. The molecule has 0 saturated carbocycles. The number of carbonyl (C=O) groups excluding carboxylic acids is 1. The van der Waals surface area contributed by atoms with E-state index in [2.05, 4.69) is 27.5 Å². The average molecular weight is 236 g/mol. The predicted molar refractivity (Wildman–Crippen MR) is 65.3 cm³/mol. The topological polar surface area (TPSA) is 69.8 Å². The summed E-state index contributed by atoms with van der Waals surface area (Å²) in [5.74, 6) is 0.969. The smallest absolute Gasteiger partial charge is 0.226 e. The Bertz CT molecular complexity index is 355. The number of hydrogen-bond acceptors (Lipinski definition) is 3. The van der Waals surface area contributed by atoms with Crippen molar-refractivity contribution >= 4 is 5.91 Å². The van der Waals surface area contributed by atoms with Crippen LogP contribution in [0.2, 0.25) is 0 Å². The number of imidazole rings is 1. The summed E-state index contributed by atoms with van der Waals surface area (Å²) in [6, 6.07) is 0. The number of nitrogens with one attached hydrogen (secondary N) is 3. The molecule has 5 nitrogen and oxygen atoms in total. The Labute approximate surface area is 101 Å². The fourth-order valence-electron chi connectivity index (χ4n) is 2.39. The number of piperidine rings is 1. The van der Waals surface area contributed by atoms with E-state index in [4.69, 9.17) is 0 Å². The van der Waals surface area contributed by atoms with Crippen LogP contribution in [0.5, 0.6) is 0 Å². The third-order valence-corrected chi connectivity index (χ3v) is 3.69. The normalized spacial score (nSPS) is 18.9. The molecule has 1 fully saturated rings. The Hall–Kier alpha value is -1.36. The largest absolute Gasteiger partial charge is 0.348 e. The summed E-state index contributed by atoms with van der Waals surface area (Å²) in [6.07, 6.45) is 6.21. The fourth-order valence-corrected chi connectivity index (χ4v) is 2.39. The van der Waals surface area contributed by atoms with Crippen LogP contribution in [-0.4, -0.2) is 29.0 Å². The molecule has 2 heterocycles. The van der Waals surface area contributed by atoms with Gasteiger partial charge in [0.25, 0.3) is 0 Å². The Kier molecular flexibility index (Phi) is 3.78. The van der Waals surface area contributed by atoms with Crippen LogP contribution >= 0.6 is 0 Å². The minimum absolute atomic E-state index is 0.165. The quantitative estimate of drug-likeness (QED) is 0.724. The minimum atomic E-state index is -0.183. The first-order valence-electron chi connectivity index (χ1n) is 6.24. The van der Waals surface area contributed by atoms with Crippen LogP contribution in [0.15, 0.2) is 12.4 Å². The van der Waals surface area contributed by atoms with Gasteiger partial charge in [-0.15, -0.1) is 0 Å². The van der Waals surface area contributed by atoms with Gasteiger partial charge in [-0.2, -0.15) is 0 Å². The zero-order valence-electron chi connectivity index (χ0n) is 10.3. The first kappa shape index (κ1) is 12.1. The van der Waals surface area contributed by atoms with Crippen LogP contribution in [0.25, 0.3) is 0 Å². The second-order valence-corrected chi connectivity index (χ2v) is 4.60. The second-order valence-electron chi connectivity index (χ2n) is 4.60. The van der Waals surface area contributed by atoms with Crippen LogP contribution in [0.4, 0.5) is 0 Å². The van der Waals surface area contributed by atoms with Crippen molar-refractivity contribution in [3.63, 3.8) is 0 Å². The van der Waals surface area contributed by atoms with E-state index < -0.39 is 0 Å². The molecule has 0 bridgehead atoms. The molecule has 2 rings (SSSR count). The van der Waals surface area contributed by atoms with Gasteiger partial charge in [0.05, 0.1) is 12.0 Å². The van der Waals surface area contributed by atoms with E-state index >= 15 is 0 Å². The van der Waals surface area contributed by atoms with Gasteiger partial charge in [0.15, 0.2) is 0 Å². The molecule has 1 aromatic rings. The molecule has 17 heavy (non-hydrogen) atoms. The zero-order chi connectivity index (χ0) is 12.1. The van der Waals surface area contributed by atoms with Crippen molar-refractivity contribution in [2.24, 2.45) is 5.41 Å². The molecule has 1 amide bonds. The van der Waals surface area contributed by atoms with Gasteiger partial charge in [-0.3, -0.25) is 4.79 Å². The van der Waals surface area contributed by atoms with Crippen LogP contribution in [0.3, 0.4) is 0 Å². The van der Waals surface area contributed by atoms with Crippen LogP contribution in [-0.2, 0) is 11.3 Å². The maximum atomic E-state index is 12.3. The molecule has 1 saturated heterocycles. The van der Waals surface area contributed by atoms with Crippen LogP contribution < -0.4 is 10.6 Å². The molecular formula is C12H20N4O. The van der Waals surface area contributed by atoms with Crippen molar-refractivity contribution in [2.75, 3.05) is 13.1 Å². The molecule has 1 aromatic heterocycles. The van der Waals surface area contributed by atoms with E-state index in [1.165, 1.54) is 0 Å². The Balaban J connectivity index is 1.93. The summed E-state index contributed by atoms with van der Waals surface area (Å²) >= 11 is 0. The minimum Gasteiger partial charge on any atom is -0.348 e. The molecule has 0 radical (unpaired) electrons. The fraction of sp³-hybridized carbons (Fsp3) is 0.667. The van der Waals surface area contributed by atoms with Gasteiger partial charge in [-0.05, 0) is 32.4 Å². The molecule has 94 valence electrons. The molecule has 0 aliphatic carbocycles. The zero-order valence-corrected chi connectivity index (χ0v) is 10.3. The Morgan fingerprint density at radius 2 is 2.29 bits per heavy atom. The summed E-state index contributed by atoms with van der Waals surface area (Å²) in [5.41, 5.74) is -0.183. The highest BCUT2D eigenvalue weighted by Crippen LogP contribution is 2.32. The van der Waals surface area contributed by atoms with Crippen molar-refractivity contribution in [3.05, 3.63) is 18.2 Å². The number of H-pyrrole nitrogens is 1. The van der Waals surface area contributed by atoms with Gasteiger partial charge >= 0.3 is 0 Å². The first-order valence-corrected chi connectivity index (χ1v) is 6.24. The van der Waals surface area contributed by atoms with E-state index in [0.29, 0.717) is 6.54 Å². The maximum Gasteiger partial charge on any atom is 0.226 e. The number of carbonyl (C=O) groups is 1. The average Bonchev–Trinajstić information content (AvgIpc) is 2.90. The molecular weight excluding hydrogens is 216 g/mol. The third kappa shape index (κ3) is 2.66. The van der Waals surface area contributed by atoms with Gasteiger partial charge in [-0.25, -0.2) is 4.98 Å². The summed E-state index contributed by atoms with van der Waals surface area (Å²) in [5, 5.41) is 6.29. The van der Waals surface area contributed by atoms with Crippen molar-refractivity contribution in [3.8, 4) is 0 Å². The second kappa shape index (κ2) is 5.31. The number of nitrogens with zero attached hydrogens (tertiary/aromatic N) is 1. The SMILES string of the molecule is CCC1(C(=O)NCc2ncc[nH]2)CCNCC1. The summed E-state index contributed by atoms with van der Waals surface area (Å²) < 4.78 is 0. The lowest BCUT2D eigenvalue weighted by Crippen LogP contribution is -2.47. The van der Waals surface area contributed by atoms with Crippen molar-refractivity contribution in [1.82, 2.24) is 20.6 Å². The van der Waals surface area contributed by atoms with Gasteiger partial charge in [0.2, 0.25) is 5.91 Å². The van der Waals surface area contributed by atoms with Gasteiger partial charge < -0.3 is 15.6 Å². The number of amides is 1. The lowest BCUT2D eigenvalue weighted by Gasteiger charge is -2.35. The van der Waals surface area contributed by atoms with Gasteiger partial charge in [-0.1, -0.05) is 6.92 Å². The summed E-state index contributed by atoms with van der Waals surface area (Å²) in [4.78, 5) is 19.4. The van der Waals surface area contributed by atoms with Crippen LogP contribution in [0.1, 0.15) is 32.0 Å². The molecule has 0 aromatic carbocycles. The molecule has 1 aliphatic heterocycles. The standard InChI is InChI=1S/C12H20N4O/c1-2-12(3-5-13-6-4-12)11(17)16-9-10-14-7-8-15-10/h7-8,13H,2-6,9H2,1H3,(H,14,15)(H,16,17). The van der Waals surface area contributed by atoms with E-state index in [1.807, 2.05) is 0 Å². The number of rotatable bonds is 4. The molecule has 0 atom stereocenters. The highest BCUT2D eigenvalue weighted by molar-refractivity contribution is 5.82. The number of aromatic amines is 1. The van der Waals surface area contributed by atoms with E-state index in [-0.39, 0.29) is 11.3 Å². The van der Waals surface area contributed by atoms with E-state index in [1.54, 1.807) is 12.4 Å². The van der Waals surface area contributed by atoms with E-state index in [0.717, 1.165) is 38.2 Å². The van der Waals surface area contributed by atoms with Crippen molar-refractivity contribution in [1.29, 1.82) is 0 Å². The molecule has 3 N–H and O–H groups in total. The number of hydrogen-bond donors (Lipinski definition) is 3. The van der Waals surface area contributed by atoms with Crippen molar-refractivity contribution < 1.29 is 4.79 Å². The lowest BCUT2D eigenvalue weighted by atomic mass is 9.76. The summed E-state index contributed by atoms with van der Waals surface area (Å²) in [7, 11) is 0. The van der Waals surface area contributed by atoms with E-state index in [9.17, 15) is 4.79 Å². The number of aromatic nitrogens is 2. The monoisotopic (exact) mass is 236 g/mol. The predicted octanol–water partition coefficient (Wildman–Crippen LogP) is 0.806. The summed E-state index contributed by atoms with van der Waals surface area (Å²) in [6.45, 7) is 4.45. The lowest BCUT2D eigenvalue weighted by molar-refractivity contribution is -0.133. The Morgan fingerprint density at radius 1 is 1.53 bits per heavy atom. The maximum absolute atomic E-state index is 12.3.